The average molecular weight is 374 g/mol. The third-order valence-electron chi connectivity index (χ3n) is 3.56. The second-order valence-corrected chi connectivity index (χ2v) is 8.84. The Hall–Kier alpha value is -1.21. The van der Waals surface area contributed by atoms with Gasteiger partial charge in [-0.2, -0.15) is 0 Å². The summed E-state index contributed by atoms with van der Waals surface area (Å²) in [5.74, 6) is 0.550. The zero-order valence-electron chi connectivity index (χ0n) is 14.5. The molecule has 1 saturated heterocycles. The number of ether oxygens (including phenoxy) is 1. The van der Waals surface area contributed by atoms with Crippen LogP contribution in [0.4, 0.5) is 4.79 Å². The third-order valence-corrected chi connectivity index (χ3v) is 5.12. The Kier molecular flexibility index (Phi) is 6.20. The van der Waals surface area contributed by atoms with Gasteiger partial charge in [-0.15, -0.1) is 0 Å². The van der Waals surface area contributed by atoms with Gasteiger partial charge >= 0.3 is 6.09 Å². The number of likely N-dealkylation sites (tertiary alicyclic amines) is 1. The van der Waals surface area contributed by atoms with Gasteiger partial charge in [-0.05, 0) is 52.5 Å². The van der Waals surface area contributed by atoms with Crippen LogP contribution in [0, 0.1) is 12.8 Å². The van der Waals surface area contributed by atoms with E-state index in [-0.39, 0.29) is 17.2 Å². The molecule has 2 heterocycles. The molecule has 8 heteroatoms. The van der Waals surface area contributed by atoms with E-state index in [9.17, 15) is 9.00 Å². The van der Waals surface area contributed by atoms with E-state index >= 15 is 0 Å². The quantitative estimate of drug-likeness (QED) is 0.601. The van der Waals surface area contributed by atoms with Crippen LogP contribution in [0.15, 0.2) is 11.2 Å². The molecule has 2 rings (SSSR count). The fourth-order valence-electron chi connectivity index (χ4n) is 2.59. The molecule has 0 aliphatic carbocycles. The Bertz CT molecular complexity index is 613. The molecule has 1 fully saturated rings. The Morgan fingerprint density at radius 1 is 1.46 bits per heavy atom. The van der Waals surface area contributed by atoms with E-state index in [1.807, 2.05) is 20.8 Å². The smallest absolute Gasteiger partial charge is 0.410 e. The Morgan fingerprint density at radius 3 is 2.79 bits per heavy atom. The first-order valence-corrected chi connectivity index (χ1v) is 9.71. The number of piperidine rings is 1. The molecule has 0 bridgehead atoms. The predicted molar refractivity (Wildman–Crippen MR) is 93.6 cm³/mol. The van der Waals surface area contributed by atoms with E-state index in [0.717, 1.165) is 12.8 Å². The molecule has 0 aromatic carbocycles. The highest BCUT2D eigenvalue weighted by molar-refractivity contribution is 7.84. The summed E-state index contributed by atoms with van der Waals surface area (Å²) in [6, 6.07) is 1.63. The Balaban J connectivity index is 1.97. The molecule has 6 nitrogen and oxygen atoms in total. The maximum Gasteiger partial charge on any atom is 0.410 e. The van der Waals surface area contributed by atoms with Crippen LogP contribution >= 0.6 is 11.6 Å². The van der Waals surface area contributed by atoms with Crippen LogP contribution in [0.1, 0.15) is 39.3 Å². The van der Waals surface area contributed by atoms with Crippen molar-refractivity contribution in [2.45, 2.75) is 51.3 Å². The largest absolute Gasteiger partial charge is 0.444 e. The summed E-state index contributed by atoms with van der Waals surface area (Å²) in [6.07, 6.45) is 1.48. The molecule has 1 aromatic heterocycles. The van der Waals surface area contributed by atoms with Crippen LogP contribution in [-0.4, -0.2) is 49.6 Å². The topological polar surface area (TPSA) is 72.4 Å². The second-order valence-electron chi connectivity index (χ2n) is 7.06. The molecule has 0 N–H and O–H groups in total. The van der Waals surface area contributed by atoms with Crippen molar-refractivity contribution in [2.75, 3.05) is 18.8 Å². The van der Waals surface area contributed by atoms with Crippen molar-refractivity contribution >= 4 is 28.5 Å². The van der Waals surface area contributed by atoms with Gasteiger partial charge in [0.1, 0.15) is 10.8 Å². The van der Waals surface area contributed by atoms with Crippen LogP contribution in [0.25, 0.3) is 0 Å². The molecule has 1 aromatic rings. The van der Waals surface area contributed by atoms with Crippen molar-refractivity contribution in [1.29, 1.82) is 0 Å². The lowest BCUT2D eigenvalue weighted by atomic mass is 10.0. The molecule has 0 spiro atoms. The molecule has 0 unspecified atom stereocenters. The number of amides is 1. The van der Waals surface area contributed by atoms with Crippen molar-refractivity contribution in [3.8, 4) is 0 Å². The Labute approximate surface area is 150 Å². The van der Waals surface area contributed by atoms with E-state index in [0.29, 0.717) is 29.7 Å². The number of rotatable bonds is 3. The average Bonchev–Trinajstić information content (AvgIpc) is 2.44. The van der Waals surface area contributed by atoms with E-state index in [1.165, 1.54) is 0 Å². The number of hydrogen-bond acceptors (Lipinski definition) is 5. The van der Waals surface area contributed by atoms with Crippen LogP contribution in [0.3, 0.4) is 0 Å². The van der Waals surface area contributed by atoms with Gasteiger partial charge in [0.2, 0.25) is 5.16 Å². The molecule has 1 aliphatic rings. The molecule has 1 aliphatic heterocycles. The number of hydrogen-bond donors (Lipinski definition) is 0. The zero-order chi connectivity index (χ0) is 17.9. The SMILES string of the molecule is Cc1cc(Cl)nc([S@@](=O)C[C@@H]2CCCN(C(=O)OC(C)(C)C)C2)n1. The minimum Gasteiger partial charge on any atom is -0.444 e. The monoisotopic (exact) mass is 373 g/mol. The fourth-order valence-corrected chi connectivity index (χ4v) is 4.17. The number of aromatic nitrogens is 2. The van der Waals surface area contributed by atoms with Crippen LogP contribution in [0.2, 0.25) is 5.15 Å². The first-order valence-electron chi connectivity index (χ1n) is 8.01. The van der Waals surface area contributed by atoms with E-state index in [1.54, 1.807) is 17.9 Å². The molecule has 134 valence electrons. The molecule has 2 atom stereocenters. The second kappa shape index (κ2) is 7.78. The van der Waals surface area contributed by atoms with Crippen molar-refractivity contribution in [2.24, 2.45) is 5.92 Å². The van der Waals surface area contributed by atoms with Crippen molar-refractivity contribution in [3.63, 3.8) is 0 Å². The molecule has 24 heavy (non-hydrogen) atoms. The summed E-state index contributed by atoms with van der Waals surface area (Å²) >= 11 is 5.91. The molecule has 0 radical (unpaired) electrons. The van der Waals surface area contributed by atoms with Crippen molar-refractivity contribution in [1.82, 2.24) is 14.9 Å². The van der Waals surface area contributed by atoms with Gasteiger partial charge in [0.05, 0.1) is 10.8 Å². The molecular formula is C16H24ClN3O3S. The van der Waals surface area contributed by atoms with Gasteiger partial charge in [0.25, 0.3) is 0 Å². The lowest BCUT2D eigenvalue weighted by molar-refractivity contribution is 0.0176. The molecule has 0 saturated carbocycles. The zero-order valence-corrected chi connectivity index (χ0v) is 16.1. The highest BCUT2D eigenvalue weighted by atomic mass is 35.5. The fraction of sp³-hybridized carbons (Fsp3) is 0.688. The van der Waals surface area contributed by atoms with Gasteiger partial charge in [-0.1, -0.05) is 11.6 Å². The summed E-state index contributed by atoms with van der Waals surface area (Å²) in [7, 11) is -1.33. The number of aryl methyl sites for hydroxylation is 1. The number of halogens is 1. The van der Waals surface area contributed by atoms with Gasteiger partial charge in [-0.3, -0.25) is 4.21 Å². The van der Waals surface area contributed by atoms with Gasteiger partial charge in [0.15, 0.2) is 0 Å². The molecule has 1 amide bonds. The third kappa shape index (κ3) is 5.70. The summed E-state index contributed by atoms with van der Waals surface area (Å²) < 4.78 is 17.9. The predicted octanol–water partition coefficient (Wildman–Crippen LogP) is 3.19. The first-order chi connectivity index (χ1) is 11.1. The normalized spacial score (nSPS) is 19.9. The number of carbonyl (C=O) groups excluding carboxylic acids is 1. The minimum atomic E-state index is -1.33. The van der Waals surface area contributed by atoms with Gasteiger partial charge < -0.3 is 9.64 Å². The standard InChI is InChI=1S/C16H24ClN3O3S/c1-11-8-13(17)19-14(18-11)24(22)10-12-6-5-7-20(9-12)15(21)23-16(2,3)4/h8,12H,5-7,9-10H2,1-4H3/t12-,24+/m1/s1. The first kappa shape index (κ1) is 19.1. The van der Waals surface area contributed by atoms with E-state index in [4.69, 9.17) is 16.3 Å². The van der Waals surface area contributed by atoms with Crippen molar-refractivity contribution < 1.29 is 13.7 Å². The summed E-state index contributed by atoms with van der Waals surface area (Å²) in [4.78, 5) is 22.1. The lowest BCUT2D eigenvalue weighted by Gasteiger charge is -2.33. The van der Waals surface area contributed by atoms with Gasteiger partial charge in [-0.25, -0.2) is 14.8 Å². The van der Waals surface area contributed by atoms with Gasteiger partial charge in [0, 0.05) is 24.5 Å². The highest BCUT2D eigenvalue weighted by Gasteiger charge is 2.29. The lowest BCUT2D eigenvalue weighted by Crippen LogP contribution is -2.44. The maximum atomic E-state index is 12.5. The Morgan fingerprint density at radius 2 is 2.17 bits per heavy atom. The summed E-state index contributed by atoms with van der Waals surface area (Å²) in [6.45, 7) is 8.55. The highest BCUT2D eigenvalue weighted by Crippen LogP contribution is 2.21. The van der Waals surface area contributed by atoms with E-state index in [2.05, 4.69) is 9.97 Å². The number of carbonyl (C=O) groups is 1. The molecular weight excluding hydrogens is 350 g/mol. The summed E-state index contributed by atoms with van der Waals surface area (Å²) in [5.41, 5.74) is 0.177. The maximum absolute atomic E-state index is 12.5. The number of nitrogens with zero attached hydrogens (tertiary/aromatic N) is 3. The van der Waals surface area contributed by atoms with E-state index < -0.39 is 16.4 Å². The van der Waals surface area contributed by atoms with Crippen molar-refractivity contribution in [3.05, 3.63) is 16.9 Å². The minimum absolute atomic E-state index is 0.134. The van der Waals surface area contributed by atoms with Crippen LogP contribution < -0.4 is 0 Å². The van der Waals surface area contributed by atoms with Crippen LogP contribution in [-0.2, 0) is 15.5 Å². The summed E-state index contributed by atoms with van der Waals surface area (Å²) in [5, 5.41) is 0.555. The van der Waals surface area contributed by atoms with Crippen LogP contribution in [0.5, 0.6) is 0 Å².